The van der Waals surface area contributed by atoms with Gasteiger partial charge in [-0.05, 0) is 53.9 Å². The van der Waals surface area contributed by atoms with Gasteiger partial charge in [0.25, 0.3) is 0 Å². The molecule has 0 N–H and O–H groups in total. The molecular formula is C22H23FN2O. The SMILES string of the molecule is COc1cccc(CN2CCCn3cccc3[C@@H]2c2ccc(F)cc2)c1. The van der Waals surface area contributed by atoms with Gasteiger partial charge in [-0.1, -0.05) is 24.3 Å². The van der Waals surface area contributed by atoms with E-state index >= 15 is 0 Å². The summed E-state index contributed by atoms with van der Waals surface area (Å²) in [6, 6.07) is 19.5. The molecule has 1 aliphatic heterocycles. The lowest BCUT2D eigenvalue weighted by atomic mass is 10.0. The van der Waals surface area contributed by atoms with Crippen LogP contribution in [0.1, 0.15) is 29.3 Å². The number of aryl methyl sites for hydroxylation is 1. The number of fused-ring (bicyclic) bond motifs is 1. The Kier molecular flexibility index (Phi) is 4.76. The molecule has 4 heteroatoms. The van der Waals surface area contributed by atoms with Crippen LogP contribution in [-0.2, 0) is 13.1 Å². The van der Waals surface area contributed by atoms with E-state index in [0.29, 0.717) is 0 Å². The zero-order chi connectivity index (χ0) is 17.9. The summed E-state index contributed by atoms with van der Waals surface area (Å²) in [5.74, 6) is 0.677. The molecule has 0 unspecified atom stereocenters. The zero-order valence-electron chi connectivity index (χ0n) is 14.9. The Morgan fingerprint density at radius 1 is 1.04 bits per heavy atom. The minimum absolute atomic E-state index is 0.110. The molecule has 0 amide bonds. The van der Waals surface area contributed by atoms with E-state index in [1.165, 1.54) is 11.3 Å². The van der Waals surface area contributed by atoms with Crippen LogP contribution >= 0.6 is 0 Å². The van der Waals surface area contributed by atoms with Crippen LogP contribution in [0.25, 0.3) is 0 Å². The molecule has 4 rings (SSSR count). The van der Waals surface area contributed by atoms with Gasteiger partial charge in [0.2, 0.25) is 0 Å². The third-order valence-electron chi connectivity index (χ3n) is 5.06. The number of halogens is 1. The van der Waals surface area contributed by atoms with Crippen molar-refractivity contribution in [2.75, 3.05) is 13.7 Å². The number of aromatic nitrogens is 1. The number of hydrogen-bond acceptors (Lipinski definition) is 2. The Morgan fingerprint density at radius 2 is 1.88 bits per heavy atom. The standard InChI is InChI=1S/C22H23FN2O/c1-26-20-6-2-5-17(15-20)16-25-14-4-13-24-12-3-7-21(24)22(25)18-8-10-19(23)11-9-18/h2-3,5-12,15,22H,4,13-14,16H2,1H3/t22-/m0/s1. The largest absolute Gasteiger partial charge is 0.497 e. The summed E-state index contributed by atoms with van der Waals surface area (Å²) in [4.78, 5) is 2.47. The molecule has 134 valence electrons. The second kappa shape index (κ2) is 7.34. The minimum atomic E-state index is -0.197. The summed E-state index contributed by atoms with van der Waals surface area (Å²) < 4.78 is 21.2. The van der Waals surface area contributed by atoms with E-state index in [1.54, 1.807) is 19.2 Å². The Bertz CT molecular complexity index is 872. The first-order chi connectivity index (χ1) is 12.7. The van der Waals surface area contributed by atoms with Crippen LogP contribution in [0.4, 0.5) is 4.39 Å². The molecule has 0 spiro atoms. The average molecular weight is 350 g/mol. The molecule has 1 aromatic heterocycles. The maximum atomic E-state index is 13.5. The molecule has 3 nitrogen and oxygen atoms in total. The highest BCUT2D eigenvalue weighted by molar-refractivity contribution is 5.32. The van der Waals surface area contributed by atoms with E-state index in [0.717, 1.165) is 37.4 Å². The van der Waals surface area contributed by atoms with Crippen LogP contribution < -0.4 is 4.74 Å². The van der Waals surface area contributed by atoms with Crippen LogP contribution in [0, 0.1) is 5.82 Å². The first-order valence-corrected chi connectivity index (χ1v) is 9.02. The van der Waals surface area contributed by atoms with Crippen molar-refractivity contribution < 1.29 is 9.13 Å². The van der Waals surface area contributed by atoms with Gasteiger partial charge in [-0.15, -0.1) is 0 Å². The number of benzene rings is 2. The molecule has 1 aliphatic rings. The topological polar surface area (TPSA) is 17.4 Å². The maximum Gasteiger partial charge on any atom is 0.123 e. The minimum Gasteiger partial charge on any atom is -0.497 e. The quantitative estimate of drug-likeness (QED) is 0.682. The van der Waals surface area contributed by atoms with Gasteiger partial charge in [0.15, 0.2) is 0 Å². The summed E-state index contributed by atoms with van der Waals surface area (Å²) in [7, 11) is 1.69. The third-order valence-corrected chi connectivity index (χ3v) is 5.06. The second-order valence-corrected chi connectivity index (χ2v) is 6.76. The van der Waals surface area contributed by atoms with Crippen LogP contribution in [0.3, 0.4) is 0 Å². The molecule has 0 radical (unpaired) electrons. The van der Waals surface area contributed by atoms with Crippen molar-refractivity contribution in [1.82, 2.24) is 9.47 Å². The van der Waals surface area contributed by atoms with Gasteiger partial charge in [-0.25, -0.2) is 4.39 Å². The lowest BCUT2D eigenvalue weighted by Gasteiger charge is -2.30. The molecule has 2 aromatic carbocycles. The summed E-state index contributed by atoms with van der Waals surface area (Å²) in [5.41, 5.74) is 3.60. The lowest BCUT2D eigenvalue weighted by Crippen LogP contribution is -2.29. The van der Waals surface area contributed by atoms with Gasteiger partial charge in [-0.2, -0.15) is 0 Å². The number of rotatable bonds is 4. The predicted molar refractivity (Wildman–Crippen MR) is 101 cm³/mol. The molecule has 0 saturated heterocycles. The van der Waals surface area contributed by atoms with E-state index in [1.807, 2.05) is 24.3 Å². The highest BCUT2D eigenvalue weighted by Gasteiger charge is 2.27. The van der Waals surface area contributed by atoms with Crippen LogP contribution in [0.15, 0.2) is 66.9 Å². The smallest absolute Gasteiger partial charge is 0.123 e. The van der Waals surface area contributed by atoms with Crippen molar-refractivity contribution in [2.45, 2.75) is 25.6 Å². The van der Waals surface area contributed by atoms with Crippen molar-refractivity contribution in [3.8, 4) is 5.75 Å². The first-order valence-electron chi connectivity index (χ1n) is 9.02. The fraction of sp³-hybridized carbons (Fsp3) is 0.273. The summed E-state index contributed by atoms with van der Waals surface area (Å²) in [6.45, 7) is 2.82. The Balaban J connectivity index is 1.72. The van der Waals surface area contributed by atoms with Crippen molar-refractivity contribution in [2.24, 2.45) is 0 Å². The van der Waals surface area contributed by atoms with Gasteiger partial charge in [0, 0.05) is 31.5 Å². The molecule has 0 aliphatic carbocycles. The molecular weight excluding hydrogens is 327 g/mol. The molecule has 2 heterocycles. The highest BCUT2D eigenvalue weighted by Crippen LogP contribution is 2.33. The van der Waals surface area contributed by atoms with Crippen LogP contribution in [0.2, 0.25) is 0 Å². The molecule has 0 bridgehead atoms. The Morgan fingerprint density at radius 3 is 2.69 bits per heavy atom. The Hall–Kier alpha value is -2.59. The Labute approximate surface area is 153 Å². The lowest BCUT2D eigenvalue weighted by molar-refractivity contribution is 0.220. The molecule has 26 heavy (non-hydrogen) atoms. The highest BCUT2D eigenvalue weighted by atomic mass is 19.1. The molecule has 0 fully saturated rings. The van der Waals surface area contributed by atoms with Gasteiger partial charge < -0.3 is 9.30 Å². The van der Waals surface area contributed by atoms with Crippen molar-refractivity contribution >= 4 is 0 Å². The van der Waals surface area contributed by atoms with Crippen LogP contribution in [0.5, 0.6) is 5.75 Å². The van der Waals surface area contributed by atoms with Crippen molar-refractivity contribution in [1.29, 1.82) is 0 Å². The third kappa shape index (κ3) is 3.37. The summed E-state index contributed by atoms with van der Waals surface area (Å²) in [6.07, 6.45) is 3.23. The van der Waals surface area contributed by atoms with Crippen molar-refractivity contribution in [3.05, 3.63) is 89.5 Å². The molecule has 1 atom stereocenters. The normalized spacial score (nSPS) is 17.5. The molecule has 3 aromatic rings. The number of ether oxygens (including phenoxy) is 1. The maximum absolute atomic E-state index is 13.5. The van der Waals surface area contributed by atoms with E-state index in [2.05, 4.69) is 39.9 Å². The monoisotopic (exact) mass is 350 g/mol. The van der Waals surface area contributed by atoms with Gasteiger partial charge in [0.05, 0.1) is 13.2 Å². The van der Waals surface area contributed by atoms with Gasteiger partial charge in [-0.3, -0.25) is 4.90 Å². The van der Waals surface area contributed by atoms with Gasteiger partial charge >= 0.3 is 0 Å². The van der Waals surface area contributed by atoms with E-state index in [-0.39, 0.29) is 11.9 Å². The first kappa shape index (κ1) is 16.9. The van der Waals surface area contributed by atoms with E-state index in [9.17, 15) is 4.39 Å². The zero-order valence-corrected chi connectivity index (χ0v) is 14.9. The average Bonchev–Trinajstić information content (AvgIpc) is 3.05. The number of nitrogens with zero attached hydrogens (tertiary/aromatic N) is 2. The fourth-order valence-corrected chi connectivity index (χ4v) is 3.84. The fourth-order valence-electron chi connectivity index (χ4n) is 3.84. The number of methoxy groups -OCH3 is 1. The van der Waals surface area contributed by atoms with E-state index < -0.39 is 0 Å². The summed E-state index contributed by atoms with van der Waals surface area (Å²) in [5, 5.41) is 0. The van der Waals surface area contributed by atoms with Crippen LogP contribution in [-0.4, -0.2) is 23.1 Å². The van der Waals surface area contributed by atoms with E-state index in [4.69, 9.17) is 4.74 Å². The second-order valence-electron chi connectivity index (χ2n) is 6.76. The number of hydrogen-bond donors (Lipinski definition) is 0. The predicted octanol–water partition coefficient (Wildman–Crippen LogP) is 4.63. The summed E-state index contributed by atoms with van der Waals surface area (Å²) >= 11 is 0. The van der Waals surface area contributed by atoms with Crippen molar-refractivity contribution in [3.63, 3.8) is 0 Å². The molecule has 0 saturated carbocycles. The van der Waals surface area contributed by atoms with Gasteiger partial charge in [0.1, 0.15) is 11.6 Å².